The van der Waals surface area contributed by atoms with Crippen molar-refractivity contribution in [3.63, 3.8) is 0 Å². The van der Waals surface area contributed by atoms with E-state index in [4.69, 9.17) is 4.98 Å². The molecule has 0 radical (unpaired) electrons. The number of fused-ring (bicyclic) bond motifs is 9. The van der Waals surface area contributed by atoms with Crippen molar-refractivity contribution in [2.24, 2.45) is 0 Å². The monoisotopic (exact) mass is 611 g/mol. The van der Waals surface area contributed by atoms with E-state index in [0.29, 0.717) is 0 Å². The molecule has 0 bridgehead atoms. The Kier molecular flexibility index (Phi) is 6.20. The van der Waals surface area contributed by atoms with Crippen molar-refractivity contribution >= 4 is 55.2 Å². The summed E-state index contributed by atoms with van der Waals surface area (Å²) in [6.07, 6.45) is 13.6. The molecule has 10 rings (SSSR count). The van der Waals surface area contributed by atoms with Crippen molar-refractivity contribution in [2.45, 2.75) is 25.7 Å². The van der Waals surface area contributed by atoms with E-state index in [1.807, 2.05) is 0 Å². The van der Waals surface area contributed by atoms with Gasteiger partial charge in [0.1, 0.15) is 0 Å². The van der Waals surface area contributed by atoms with Gasteiger partial charge in [0.15, 0.2) is 0 Å². The summed E-state index contributed by atoms with van der Waals surface area (Å²) in [7, 11) is 0. The Morgan fingerprint density at radius 2 is 1.02 bits per heavy atom. The van der Waals surface area contributed by atoms with E-state index in [2.05, 4.69) is 152 Å². The fraction of sp³-hybridized carbons (Fsp3) is 0.0851. The molecule has 2 aliphatic carbocycles. The lowest BCUT2D eigenvalue weighted by atomic mass is 9.83. The molecule has 0 amide bonds. The smallest absolute Gasteiger partial charge is 0.0722 e. The fourth-order valence-corrected chi connectivity index (χ4v) is 8.47. The van der Waals surface area contributed by atoms with Gasteiger partial charge in [-0.1, -0.05) is 133 Å². The maximum absolute atomic E-state index is 5.40. The van der Waals surface area contributed by atoms with E-state index in [9.17, 15) is 0 Å². The standard InChI is InChI=1S/C47H33N/c1-2-15-32-30(13-1)14-11-24-38(32)44-25-12-26-45(48-44)47-41-22-9-7-20-39(41)46(40-21-8-10-23-42(40)47)31-27-28-37-35-18-4-3-16-33(35)34-17-5-6-19-36(34)43(37)29-31/h2-4,6-12,14-16,18-29H,1,5,13,17H2. The first-order valence-corrected chi connectivity index (χ1v) is 17.2. The Hall–Kier alpha value is -5.79. The second-order valence-electron chi connectivity index (χ2n) is 13.2. The van der Waals surface area contributed by atoms with E-state index < -0.39 is 0 Å². The minimum Gasteiger partial charge on any atom is -0.248 e. The van der Waals surface area contributed by atoms with Gasteiger partial charge in [-0.15, -0.1) is 0 Å². The largest absolute Gasteiger partial charge is 0.248 e. The van der Waals surface area contributed by atoms with Gasteiger partial charge in [0, 0.05) is 11.1 Å². The van der Waals surface area contributed by atoms with Crippen LogP contribution in [0.15, 0.2) is 140 Å². The summed E-state index contributed by atoms with van der Waals surface area (Å²) in [6, 6.07) is 47.1. The second-order valence-corrected chi connectivity index (χ2v) is 13.2. The number of hydrogen-bond acceptors (Lipinski definition) is 1. The van der Waals surface area contributed by atoms with E-state index in [1.54, 1.807) is 0 Å². The number of nitrogens with zero attached hydrogens (tertiary/aromatic N) is 1. The van der Waals surface area contributed by atoms with Gasteiger partial charge in [0.25, 0.3) is 0 Å². The predicted octanol–water partition coefficient (Wildman–Crippen LogP) is 12.6. The van der Waals surface area contributed by atoms with Crippen molar-refractivity contribution in [2.75, 3.05) is 0 Å². The SMILES string of the molecule is C1=Cc2c(cccc2-c2cccc(-c3c4ccccc4c(-c4ccc5c(c4)c4c(c6ccccc65)CCC=C4)c4ccccc34)n2)CC1. The van der Waals surface area contributed by atoms with Gasteiger partial charge in [0.05, 0.1) is 11.4 Å². The molecular weight excluding hydrogens is 579 g/mol. The highest BCUT2D eigenvalue weighted by atomic mass is 14.7. The van der Waals surface area contributed by atoms with Gasteiger partial charge >= 0.3 is 0 Å². The van der Waals surface area contributed by atoms with Gasteiger partial charge in [-0.05, 0) is 120 Å². The molecule has 0 fully saturated rings. The minimum atomic E-state index is 1.01. The minimum absolute atomic E-state index is 1.01. The molecule has 0 spiro atoms. The number of rotatable bonds is 3. The summed E-state index contributed by atoms with van der Waals surface area (Å²) < 4.78 is 0. The molecule has 7 aromatic carbocycles. The molecule has 48 heavy (non-hydrogen) atoms. The summed E-state index contributed by atoms with van der Waals surface area (Å²) in [4.78, 5) is 5.40. The first-order valence-electron chi connectivity index (χ1n) is 17.2. The summed E-state index contributed by atoms with van der Waals surface area (Å²) in [5.74, 6) is 0. The lowest BCUT2D eigenvalue weighted by Crippen LogP contribution is -1.99. The highest BCUT2D eigenvalue weighted by molar-refractivity contribution is 6.22. The topological polar surface area (TPSA) is 12.9 Å². The average molecular weight is 612 g/mol. The molecule has 0 N–H and O–H groups in total. The van der Waals surface area contributed by atoms with Gasteiger partial charge in [-0.25, -0.2) is 4.98 Å². The Morgan fingerprint density at radius 1 is 0.417 bits per heavy atom. The van der Waals surface area contributed by atoms with Crippen LogP contribution in [0.2, 0.25) is 0 Å². The summed E-state index contributed by atoms with van der Waals surface area (Å²) in [5, 5.41) is 10.4. The lowest BCUT2D eigenvalue weighted by molar-refractivity contribution is 0.986. The molecule has 0 saturated carbocycles. The van der Waals surface area contributed by atoms with Crippen molar-refractivity contribution < 1.29 is 0 Å². The first kappa shape index (κ1) is 27.3. The molecule has 0 aliphatic heterocycles. The highest BCUT2D eigenvalue weighted by Crippen LogP contribution is 2.45. The lowest BCUT2D eigenvalue weighted by Gasteiger charge is -2.20. The molecule has 1 heteroatoms. The molecule has 1 nitrogen and oxygen atoms in total. The first-order chi connectivity index (χ1) is 23.8. The zero-order valence-electron chi connectivity index (χ0n) is 26.7. The highest BCUT2D eigenvalue weighted by Gasteiger charge is 2.20. The molecule has 1 aromatic heterocycles. The number of benzene rings is 7. The molecule has 8 aromatic rings. The molecule has 0 unspecified atom stereocenters. The van der Waals surface area contributed by atoms with Crippen LogP contribution in [0.3, 0.4) is 0 Å². The van der Waals surface area contributed by atoms with E-state index in [0.717, 1.165) is 37.1 Å². The van der Waals surface area contributed by atoms with Crippen molar-refractivity contribution in [1.82, 2.24) is 4.98 Å². The number of aromatic nitrogens is 1. The maximum Gasteiger partial charge on any atom is 0.0722 e. The zero-order chi connectivity index (χ0) is 31.6. The van der Waals surface area contributed by atoms with Crippen LogP contribution in [0.25, 0.3) is 88.9 Å². The number of allylic oxidation sites excluding steroid dienone is 2. The second kappa shape index (κ2) is 10.9. The molecule has 1 heterocycles. The third-order valence-electron chi connectivity index (χ3n) is 10.6. The fourth-order valence-electron chi connectivity index (χ4n) is 8.47. The Balaban J connectivity index is 1.24. The zero-order valence-corrected chi connectivity index (χ0v) is 26.7. The van der Waals surface area contributed by atoms with Crippen LogP contribution in [-0.2, 0) is 12.8 Å². The number of aryl methyl sites for hydroxylation is 2. The third-order valence-corrected chi connectivity index (χ3v) is 10.6. The summed E-state index contributed by atoms with van der Waals surface area (Å²) in [6.45, 7) is 0. The van der Waals surface area contributed by atoms with Crippen molar-refractivity contribution in [3.8, 4) is 33.6 Å². The molecule has 0 saturated heterocycles. The van der Waals surface area contributed by atoms with Crippen LogP contribution in [-0.4, -0.2) is 4.98 Å². The summed E-state index contributed by atoms with van der Waals surface area (Å²) >= 11 is 0. The number of hydrogen-bond donors (Lipinski definition) is 0. The van der Waals surface area contributed by atoms with Crippen LogP contribution in [0.1, 0.15) is 35.1 Å². The van der Waals surface area contributed by atoms with Crippen molar-refractivity contribution in [1.29, 1.82) is 0 Å². The average Bonchev–Trinajstić information content (AvgIpc) is 3.16. The Morgan fingerprint density at radius 3 is 1.79 bits per heavy atom. The van der Waals surface area contributed by atoms with E-state index in [1.165, 1.54) is 87.6 Å². The summed E-state index contributed by atoms with van der Waals surface area (Å²) in [5.41, 5.74) is 12.5. The van der Waals surface area contributed by atoms with Crippen LogP contribution in [0.5, 0.6) is 0 Å². The Bertz CT molecular complexity index is 2610. The van der Waals surface area contributed by atoms with E-state index in [-0.39, 0.29) is 0 Å². The third kappa shape index (κ3) is 4.14. The maximum atomic E-state index is 5.40. The number of pyridine rings is 1. The van der Waals surface area contributed by atoms with Gasteiger partial charge in [0.2, 0.25) is 0 Å². The quantitative estimate of drug-likeness (QED) is 0.143. The normalized spacial score (nSPS) is 13.8. The van der Waals surface area contributed by atoms with Crippen LogP contribution in [0.4, 0.5) is 0 Å². The van der Waals surface area contributed by atoms with Gasteiger partial charge in [-0.2, -0.15) is 0 Å². The predicted molar refractivity (Wildman–Crippen MR) is 205 cm³/mol. The van der Waals surface area contributed by atoms with Crippen LogP contribution >= 0.6 is 0 Å². The van der Waals surface area contributed by atoms with Gasteiger partial charge < -0.3 is 0 Å². The Labute approximate surface area is 280 Å². The van der Waals surface area contributed by atoms with Gasteiger partial charge in [-0.3, -0.25) is 0 Å². The van der Waals surface area contributed by atoms with Crippen LogP contribution in [0, 0.1) is 0 Å². The van der Waals surface area contributed by atoms with Crippen molar-refractivity contribution in [3.05, 3.63) is 162 Å². The molecule has 2 aliphatic rings. The van der Waals surface area contributed by atoms with Crippen LogP contribution < -0.4 is 0 Å². The van der Waals surface area contributed by atoms with E-state index >= 15 is 0 Å². The molecule has 226 valence electrons. The molecule has 0 atom stereocenters. The molecular formula is C47H33N.